The van der Waals surface area contributed by atoms with E-state index < -0.39 is 11.3 Å². The fourth-order valence-electron chi connectivity index (χ4n) is 7.16. The highest BCUT2D eigenvalue weighted by Crippen LogP contribution is 2.70. The average Bonchev–Trinajstić information content (AvgIpc) is 3.11. The smallest absolute Gasteiger partial charge is 0.313 e. The normalized spacial score (nSPS) is 41.6. The summed E-state index contributed by atoms with van der Waals surface area (Å²) < 4.78 is 5.19. The standard InChI is InChI=1S/C24H28O4/c1-22-8-5-18-20-16(21(27)28-3)13-14-12-15(25)4-10-23(14,2)17(20)6-11-24(18,22)19(26)7-9-22/h5,12,16H,4,6-11,13H2,1-3H3/t16-,22+,23+,24-/m1/s1. The number of Topliss-reactive ketones (excluding diaryl/α,β-unsaturated/α-hetero) is 1. The summed E-state index contributed by atoms with van der Waals surface area (Å²) in [7, 11) is 1.43. The molecule has 0 saturated heterocycles. The van der Waals surface area contributed by atoms with Crippen LogP contribution in [0.1, 0.15) is 65.2 Å². The molecule has 4 heteroatoms. The monoisotopic (exact) mass is 380 g/mol. The average molecular weight is 380 g/mol. The third-order valence-corrected chi connectivity index (χ3v) is 8.83. The molecule has 4 atom stereocenters. The Morgan fingerprint density at radius 3 is 2.64 bits per heavy atom. The summed E-state index contributed by atoms with van der Waals surface area (Å²) in [5.74, 6) is -0.125. The number of esters is 1. The fraction of sp³-hybridized carbons (Fsp3) is 0.625. The molecule has 0 radical (unpaired) electrons. The maximum atomic E-state index is 13.2. The third-order valence-electron chi connectivity index (χ3n) is 8.83. The van der Waals surface area contributed by atoms with Gasteiger partial charge in [-0.3, -0.25) is 14.4 Å². The highest BCUT2D eigenvalue weighted by Gasteiger charge is 2.65. The maximum Gasteiger partial charge on any atom is 0.313 e. The number of allylic oxidation sites excluding steroid dienone is 5. The van der Waals surface area contributed by atoms with Crippen molar-refractivity contribution in [2.45, 2.75) is 65.2 Å². The van der Waals surface area contributed by atoms with Crippen LogP contribution in [0, 0.1) is 22.2 Å². The van der Waals surface area contributed by atoms with Gasteiger partial charge in [0.1, 0.15) is 5.78 Å². The summed E-state index contributed by atoms with van der Waals surface area (Å²) in [4.78, 5) is 38.2. The number of ether oxygens (including phenoxy) is 1. The predicted molar refractivity (Wildman–Crippen MR) is 104 cm³/mol. The molecule has 0 N–H and O–H groups in total. The maximum absolute atomic E-state index is 13.2. The van der Waals surface area contributed by atoms with Crippen molar-refractivity contribution in [3.8, 4) is 0 Å². The molecule has 1 fully saturated rings. The van der Waals surface area contributed by atoms with Gasteiger partial charge in [0.25, 0.3) is 0 Å². The van der Waals surface area contributed by atoms with Crippen molar-refractivity contribution >= 4 is 17.5 Å². The van der Waals surface area contributed by atoms with Crippen LogP contribution in [0.25, 0.3) is 0 Å². The number of hydrogen-bond acceptors (Lipinski definition) is 4. The molecule has 0 aromatic heterocycles. The van der Waals surface area contributed by atoms with E-state index in [1.54, 1.807) is 6.08 Å². The zero-order valence-electron chi connectivity index (χ0n) is 17.0. The van der Waals surface area contributed by atoms with Gasteiger partial charge >= 0.3 is 5.97 Å². The molecule has 1 saturated carbocycles. The molecule has 4 nitrogen and oxygen atoms in total. The Balaban J connectivity index is 1.74. The molecular weight excluding hydrogens is 352 g/mol. The lowest BCUT2D eigenvalue weighted by molar-refractivity contribution is -0.144. The van der Waals surface area contributed by atoms with E-state index in [0.717, 1.165) is 48.8 Å². The molecular formula is C24H28O4. The lowest BCUT2D eigenvalue weighted by Crippen LogP contribution is -2.46. The molecule has 28 heavy (non-hydrogen) atoms. The van der Waals surface area contributed by atoms with Crippen molar-refractivity contribution in [2.24, 2.45) is 22.2 Å². The van der Waals surface area contributed by atoms with Crippen molar-refractivity contribution in [2.75, 3.05) is 7.11 Å². The summed E-state index contributed by atoms with van der Waals surface area (Å²) in [6.07, 6.45) is 10.1. The molecule has 148 valence electrons. The van der Waals surface area contributed by atoms with Crippen LogP contribution >= 0.6 is 0 Å². The summed E-state index contributed by atoms with van der Waals surface area (Å²) >= 11 is 0. The van der Waals surface area contributed by atoms with Gasteiger partial charge in [0.2, 0.25) is 0 Å². The summed E-state index contributed by atoms with van der Waals surface area (Å²) in [5.41, 5.74) is 3.98. The second kappa shape index (κ2) is 5.55. The van der Waals surface area contributed by atoms with Gasteiger partial charge in [-0.2, -0.15) is 0 Å². The first kappa shape index (κ1) is 18.1. The minimum absolute atomic E-state index is 0.0157. The van der Waals surface area contributed by atoms with Crippen LogP contribution in [0.3, 0.4) is 0 Å². The van der Waals surface area contributed by atoms with E-state index in [4.69, 9.17) is 4.74 Å². The van der Waals surface area contributed by atoms with Gasteiger partial charge in [0.15, 0.2) is 5.78 Å². The molecule has 0 aliphatic heterocycles. The first-order chi connectivity index (χ1) is 13.3. The Hall–Kier alpha value is -1.97. The zero-order valence-corrected chi connectivity index (χ0v) is 17.0. The lowest BCUT2D eigenvalue weighted by atomic mass is 9.50. The van der Waals surface area contributed by atoms with Crippen molar-refractivity contribution in [1.82, 2.24) is 0 Å². The quantitative estimate of drug-likeness (QED) is 0.638. The van der Waals surface area contributed by atoms with Crippen LogP contribution in [0.15, 0.2) is 34.4 Å². The molecule has 0 unspecified atom stereocenters. The molecule has 0 aromatic carbocycles. The highest BCUT2D eigenvalue weighted by molar-refractivity contribution is 5.96. The Bertz CT molecular complexity index is 919. The van der Waals surface area contributed by atoms with Crippen LogP contribution in [-0.2, 0) is 19.1 Å². The van der Waals surface area contributed by atoms with Gasteiger partial charge in [-0.05, 0) is 61.2 Å². The van der Waals surface area contributed by atoms with Crippen molar-refractivity contribution in [3.05, 3.63) is 34.4 Å². The van der Waals surface area contributed by atoms with E-state index in [2.05, 4.69) is 19.9 Å². The molecule has 5 rings (SSSR count). The molecule has 0 amide bonds. The fourth-order valence-corrected chi connectivity index (χ4v) is 7.16. The van der Waals surface area contributed by atoms with E-state index in [1.807, 2.05) is 0 Å². The number of fused-ring (bicyclic) bond motifs is 3. The van der Waals surface area contributed by atoms with Crippen molar-refractivity contribution < 1.29 is 19.1 Å². The number of methoxy groups -OCH3 is 1. The minimum atomic E-state index is -0.416. The first-order valence-electron chi connectivity index (χ1n) is 10.6. The number of rotatable bonds is 1. The number of hydrogen-bond donors (Lipinski definition) is 0. The first-order valence-corrected chi connectivity index (χ1v) is 10.6. The van der Waals surface area contributed by atoms with Crippen molar-refractivity contribution in [1.29, 1.82) is 0 Å². The summed E-state index contributed by atoms with van der Waals surface area (Å²) in [6, 6.07) is 0. The molecule has 1 spiro atoms. The van der Waals surface area contributed by atoms with Crippen LogP contribution in [0.4, 0.5) is 0 Å². The third kappa shape index (κ3) is 1.94. The number of carbonyl (C=O) groups is 3. The van der Waals surface area contributed by atoms with Gasteiger partial charge in [-0.25, -0.2) is 0 Å². The van der Waals surface area contributed by atoms with Gasteiger partial charge in [0, 0.05) is 18.3 Å². The molecule has 5 aliphatic carbocycles. The molecule has 0 aromatic rings. The van der Waals surface area contributed by atoms with E-state index in [-0.39, 0.29) is 22.6 Å². The van der Waals surface area contributed by atoms with Crippen LogP contribution in [0.5, 0.6) is 0 Å². The predicted octanol–water partition coefficient (Wildman–Crippen LogP) is 4.25. The SMILES string of the molecule is COC(=O)[C@@H]1CC2=CC(=O)CC[C@]2(C)C2=C1C1=CC[C@@]3(C)CCC(=O)[C@@]13CC2. The van der Waals surface area contributed by atoms with Crippen LogP contribution in [-0.4, -0.2) is 24.6 Å². The van der Waals surface area contributed by atoms with E-state index >= 15 is 0 Å². The minimum Gasteiger partial charge on any atom is -0.469 e. The van der Waals surface area contributed by atoms with Crippen LogP contribution in [0.2, 0.25) is 0 Å². The van der Waals surface area contributed by atoms with E-state index in [9.17, 15) is 14.4 Å². The topological polar surface area (TPSA) is 60.4 Å². The van der Waals surface area contributed by atoms with E-state index in [0.29, 0.717) is 25.0 Å². The summed E-state index contributed by atoms with van der Waals surface area (Å²) in [6.45, 7) is 4.49. The van der Waals surface area contributed by atoms with E-state index in [1.165, 1.54) is 12.7 Å². The molecule has 0 bridgehead atoms. The Labute approximate surface area is 166 Å². The van der Waals surface area contributed by atoms with Gasteiger partial charge in [-0.15, -0.1) is 0 Å². The number of ketones is 2. The summed E-state index contributed by atoms with van der Waals surface area (Å²) in [5, 5.41) is 0. The second-order valence-corrected chi connectivity index (χ2v) is 9.85. The number of carbonyl (C=O) groups excluding carboxylic acids is 3. The largest absolute Gasteiger partial charge is 0.469 e. The Morgan fingerprint density at radius 1 is 1.11 bits per heavy atom. The second-order valence-electron chi connectivity index (χ2n) is 9.85. The highest BCUT2D eigenvalue weighted by atomic mass is 16.5. The Kier molecular flexibility index (Phi) is 3.58. The van der Waals surface area contributed by atoms with Gasteiger partial charge in [0.05, 0.1) is 18.4 Å². The molecule has 0 heterocycles. The van der Waals surface area contributed by atoms with Gasteiger partial charge < -0.3 is 4.74 Å². The Morgan fingerprint density at radius 2 is 1.89 bits per heavy atom. The lowest BCUT2D eigenvalue weighted by Gasteiger charge is -2.52. The van der Waals surface area contributed by atoms with Crippen molar-refractivity contribution in [3.63, 3.8) is 0 Å². The molecule has 5 aliphatic rings. The van der Waals surface area contributed by atoms with Crippen LogP contribution < -0.4 is 0 Å². The van der Waals surface area contributed by atoms with Gasteiger partial charge in [-0.1, -0.05) is 31.1 Å². The zero-order chi connectivity index (χ0) is 19.9.